The molecule has 2 heterocycles. The van der Waals surface area contributed by atoms with Gasteiger partial charge in [0.2, 0.25) is 11.8 Å². The summed E-state index contributed by atoms with van der Waals surface area (Å²) in [5, 5.41) is 4.93. The number of hydrogen-bond donors (Lipinski definition) is 1. The molecule has 136 valence electrons. The number of nitrogens with zero attached hydrogens (tertiary/aromatic N) is 1. The first-order chi connectivity index (χ1) is 13.0. The van der Waals surface area contributed by atoms with E-state index in [1.165, 1.54) is 16.2 Å². The average Bonchev–Trinajstić information content (AvgIpc) is 3.42. The minimum absolute atomic E-state index is 0.153. The molecular formula is C20H15ClN2O3S. The van der Waals surface area contributed by atoms with Crippen LogP contribution in [0.3, 0.4) is 0 Å². The summed E-state index contributed by atoms with van der Waals surface area (Å²) in [7, 11) is 0. The number of halogens is 1. The van der Waals surface area contributed by atoms with Gasteiger partial charge in [0.05, 0.1) is 33.1 Å². The second kappa shape index (κ2) is 6.04. The van der Waals surface area contributed by atoms with Crippen LogP contribution in [0, 0.1) is 23.7 Å². The van der Waals surface area contributed by atoms with Gasteiger partial charge in [-0.25, -0.2) is 4.90 Å². The Balaban J connectivity index is 1.45. The fourth-order valence-corrected chi connectivity index (χ4v) is 5.28. The molecule has 0 spiro atoms. The zero-order valence-corrected chi connectivity index (χ0v) is 15.7. The monoisotopic (exact) mass is 398 g/mol. The van der Waals surface area contributed by atoms with Gasteiger partial charge in [0, 0.05) is 0 Å². The summed E-state index contributed by atoms with van der Waals surface area (Å²) in [6.45, 7) is 0. The molecule has 27 heavy (non-hydrogen) atoms. The van der Waals surface area contributed by atoms with E-state index in [2.05, 4.69) is 17.5 Å². The molecule has 3 amide bonds. The van der Waals surface area contributed by atoms with Crippen molar-refractivity contribution in [2.75, 3.05) is 10.2 Å². The summed E-state index contributed by atoms with van der Waals surface area (Å²) in [5.74, 6) is -0.778. The fourth-order valence-electron chi connectivity index (χ4n) is 4.50. The van der Waals surface area contributed by atoms with E-state index in [-0.39, 0.29) is 41.4 Å². The lowest BCUT2D eigenvalue weighted by atomic mass is 9.85. The highest BCUT2D eigenvalue weighted by Crippen LogP contribution is 2.53. The number of rotatable bonds is 3. The topological polar surface area (TPSA) is 66.5 Å². The van der Waals surface area contributed by atoms with Gasteiger partial charge in [0.25, 0.3) is 5.91 Å². The number of fused-ring (bicyclic) bond motifs is 5. The quantitative estimate of drug-likeness (QED) is 0.628. The lowest BCUT2D eigenvalue weighted by molar-refractivity contribution is -0.123. The molecule has 1 aliphatic heterocycles. The molecule has 1 N–H and O–H groups in total. The average molecular weight is 399 g/mol. The highest BCUT2D eigenvalue weighted by atomic mass is 35.5. The molecule has 1 saturated heterocycles. The molecule has 3 aliphatic rings. The van der Waals surface area contributed by atoms with E-state index in [9.17, 15) is 14.4 Å². The number of allylic oxidation sites excluding steroid dienone is 2. The van der Waals surface area contributed by atoms with Crippen molar-refractivity contribution in [3.63, 3.8) is 0 Å². The zero-order valence-electron chi connectivity index (χ0n) is 14.1. The number of imide groups is 1. The van der Waals surface area contributed by atoms with Gasteiger partial charge in [-0.05, 0) is 47.9 Å². The van der Waals surface area contributed by atoms with Gasteiger partial charge in [-0.2, -0.15) is 0 Å². The van der Waals surface area contributed by atoms with Gasteiger partial charge in [-0.15, -0.1) is 11.3 Å². The summed E-state index contributed by atoms with van der Waals surface area (Å²) in [5.41, 5.74) is 0.830. The molecular weight excluding hydrogens is 384 g/mol. The van der Waals surface area contributed by atoms with Crippen LogP contribution in [0.15, 0.2) is 47.9 Å². The van der Waals surface area contributed by atoms with E-state index in [1.54, 1.807) is 30.3 Å². The van der Waals surface area contributed by atoms with Gasteiger partial charge in [0.15, 0.2) is 0 Å². The van der Waals surface area contributed by atoms with Crippen molar-refractivity contribution in [2.24, 2.45) is 23.7 Å². The number of thiophene rings is 1. The van der Waals surface area contributed by atoms with Crippen LogP contribution in [0.5, 0.6) is 0 Å². The summed E-state index contributed by atoms with van der Waals surface area (Å²) in [6.07, 6.45) is 5.02. The Morgan fingerprint density at radius 2 is 1.81 bits per heavy atom. The summed E-state index contributed by atoms with van der Waals surface area (Å²) < 4.78 is 0. The van der Waals surface area contributed by atoms with Crippen LogP contribution < -0.4 is 10.2 Å². The van der Waals surface area contributed by atoms with E-state index in [0.29, 0.717) is 21.3 Å². The molecule has 2 aliphatic carbocycles. The van der Waals surface area contributed by atoms with E-state index in [4.69, 9.17) is 11.6 Å². The van der Waals surface area contributed by atoms with Crippen molar-refractivity contribution in [1.29, 1.82) is 0 Å². The normalized spacial score (nSPS) is 28.1. The summed E-state index contributed by atoms with van der Waals surface area (Å²) in [6, 6.07) is 8.35. The Morgan fingerprint density at radius 3 is 2.44 bits per heavy atom. The number of nitrogens with one attached hydrogen (secondary N) is 1. The van der Waals surface area contributed by atoms with Crippen LogP contribution in [-0.4, -0.2) is 17.7 Å². The summed E-state index contributed by atoms with van der Waals surface area (Å²) >= 11 is 7.55. The van der Waals surface area contributed by atoms with Crippen molar-refractivity contribution in [1.82, 2.24) is 0 Å². The molecule has 7 heteroatoms. The zero-order chi connectivity index (χ0) is 18.7. The molecule has 1 aromatic carbocycles. The molecule has 1 aromatic heterocycles. The van der Waals surface area contributed by atoms with Crippen LogP contribution in [0.4, 0.5) is 11.4 Å². The number of amides is 3. The first-order valence-electron chi connectivity index (χ1n) is 8.75. The van der Waals surface area contributed by atoms with Crippen LogP contribution in [-0.2, 0) is 9.59 Å². The minimum Gasteiger partial charge on any atom is -0.320 e. The number of carbonyl (C=O) groups excluding carboxylic acids is 3. The third kappa shape index (κ3) is 2.47. The lowest BCUT2D eigenvalue weighted by Gasteiger charge is -2.18. The third-order valence-electron chi connectivity index (χ3n) is 5.67. The minimum atomic E-state index is -0.276. The SMILES string of the molecule is O=C(Nc1cc(N2C(=O)[C@@H]3[C@H](C2=O)[C@@H]2C=C[C@H]3C2)ccc1Cl)c1cccs1. The Morgan fingerprint density at radius 1 is 1.11 bits per heavy atom. The molecule has 0 radical (unpaired) electrons. The van der Waals surface area contributed by atoms with Crippen molar-refractivity contribution >= 4 is 52.0 Å². The standard InChI is InChI=1S/C20H15ClN2O3S/c21-13-6-5-12(9-14(13)22-18(24)15-2-1-7-27-15)23-19(25)16-10-3-4-11(8-10)17(16)20(23)26/h1-7,9-11,16-17H,8H2,(H,22,24)/t10-,11+,16-,17+. The van der Waals surface area contributed by atoms with Gasteiger partial charge in [-0.1, -0.05) is 29.8 Å². The number of benzene rings is 1. The molecule has 2 fully saturated rings. The molecule has 4 atom stereocenters. The van der Waals surface area contributed by atoms with Crippen molar-refractivity contribution in [2.45, 2.75) is 6.42 Å². The number of anilines is 2. The highest BCUT2D eigenvalue weighted by Gasteiger charge is 2.59. The maximum atomic E-state index is 12.9. The predicted octanol–water partition coefficient (Wildman–Crippen LogP) is 3.97. The van der Waals surface area contributed by atoms with Gasteiger partial charge >= 0.3 is 0 Å². The number of carbonyl (C=O) groups is 3. The fraction of sp³-hybridized carbons (Fsp3) is 0.250. The third-order valence-corrected chi connectivity index (χ3v) is 6.87. The highest BCUT2D eigenvalue weighted by molar-refractivity contribution is 7.12. The first-order valence-corrected chi connectivity index (χ1v) is 10.0. The van der Waals surface area contributed by atoms with Crippen molar-refractivity contribution < 1.29 is 14.4 Å². The van der Waals surface area contributed by atoms with E-state index in [1.807, 2.05) is 5.38 Å². The largest absolute Gasteiger partial charge is 0.320 e. The van der Waals surface area contributed by atoms with Crippen LogP contribution >= 0.6 is 22.9 Å². The van der Waals surface area contributed by atoms with Crippen LogP contribution in [0.25, 0.3) is 0 Å². The number of hydrogen-bond acceptors (Lipinski definition) is 4. The lowest BCUT2D eigenvalue weighted by Crippen LogP contribution is -2.32. The Bertz CT molecular complexity index is 971. The molecule has 0 unspecified atom stereocenters. The van der Waals surface area contributed by atoms with Crippen LogP contribution in [0.1, 0.15) is 16.1 Å². The summed E-state index contributed by atoms with van der Waals surface area (Å²) in [4.78, 5) is 40.0. The smallest absolute Gasteiger partial charge is 0.265 e. The maximum absolute atomic E-state index is 12.9. The predicted molar refractivity (Wildman–Crippen MR) is 104 cm³/mol. The molecule has 5 nitrogen and oxygen atoms in total. The van der Waals surface area contributed by atoms with Gasteiger partial charge in [0.1, 0.15) is 0 Å². The second-order valence-electron chi connectivity index (χ2n) is 7.11. The molecule has 2 bridgehead atoms. The van der Waals surface area contributed by atoms with Crippen LogP contribution in [0.2, 0.25) is 5.02 Å². The maximum Gasteiger partial charge on any atom is 0.265 e. The molecule has 1 saturated carbocycles. The van der Waals surface area contributed by atoms with Gasteiger partial charge < -0.3 is 5.32 Å². The van der Waals surface area contributed by atoms with E-state index in [0.717, 1.165) is 6.42 Å². The first kappa shape index (κ1) is 16.7. The van der Waals surface area contributed by atoms with Crippen molar-refractivity contribution in [3.05, 3.63) is 57.8 Å². The molecule has 2 aromatic rings. The van der Waals surface area contributed by atoms with E-state index < -0.39 is 0 Å². The van der Waals surface area contributed by atoms with E-state index >= 15 is 0 Å². The molecule has 5 rings (SSSR count). The Hall–Kier alpha value is -2.44. The second-order valence-corrected chi connectivity index (χ2v) is 8.46. The Kier molecular flexibility index (Phi) is 3.74. The Labute approximate surface area is 164 Å². The van der Waals surface area contributed by atoms with Gasteiger partial charge in [-0.3, -0.25) is 14.4 Å². The van der Waals surface area contributed by atoms with Crippen molar-refractivity contribution in [3.8, 4) is 0 Å².